The van der Waals surface area contributed by atoms with E-state index < -0.39 is 22.8 Å². The minimum atomic E-state index is -1.15. The maximum Gasteiger partial charge on any atom is 0.311 e. The molecule has 0 saturated heterocycles. The zero-order valence-electron chi connectivity index (χ0n) is 15.9. The monoisotopic (exact) mass is 345 g/mol. The lowest BCUT2D eigenvalue weighted by molar-refractivity contribution is -0.884. The number of hydrogen-bond acceptors (Lipinski definition) is 6. The van der Waals surface area contributed by atoms with Gasteiger partial charge in [0.25, 0.3) is 0 Å². The number of carbonyl (C=O) groups is 3. The van der Waals surface area contributed by atoms with E-state index in [4.69, 9.17) is 9.47 Å². The highest BCUT2D eigenvalue weighted by Crippen LogP contribution is 2.38. The van der Waals surface area contributed by atoms with Crippen molar-refractivity contribution < 1.29 is 33.4 Å². The zero-order chi connectivity index (χ0) is 19.2. The van der Waals surface area contributed by atoms with Gasteiger partial charge < -0.3 is 23.9 Å². The molecule has 0 saturated carbocycles. The fourth-order valence-corrected chi connectivity index (χ4v) is 2.64. The largest absolute Gasteiger partial charge is 0.544 e. The van der Waals surface area contributed by atoms with E-state index in [0.29, 0.717) is 19.4 Å². The first-order valence-corrected chi connectivity index (χ1v) is 8.07. The average molecular weight is 345 g/mol. The highest BCUT2D eigenvalue weighted by atomic mass is 16.5. The van der Waals surface area contributed by atoms with Crippen LogP contribution in [0.2, 0.25) is 0 Å². The lowest BCUT2D eigenvalue weighted by Gasteiger charge is -2.34. The summed E-state index contributed by atoms with van der Waals surface area (Å²) >= 11 is 0. The molecule has 0 aromatic heterocycles. The van der Waals surface area contributed by atoms with Crippen LogP contribution in [-0.4, -0.2) is 63.3 Å². The Bertz CT molecular complexity index is 472. The molecule has 140 valence electrons. The number of aliphatic carboxylic acids is 1. The van der Waals surface area contributed by atoms with Gasteiger partial charge in [0.2, 0.25) is 0 Å². The number of methoxy groups -OCH3 is 1. The van der Waals surface area contributed by atoms with E-state index in [9.17, 15) is 19.5 Å². The second kappa shape index (κ2) is 8.46. The summed E-state index contributed by atoms with van der Waals surface area (Å²) < 4.78 is 10.3. The van der Waals surface area contributed by atoms with Crippen molar-refractivity contribution >= 4 is 17.9 Å². The standard InChI is InChI=1S/C17H31NO6/c1-8-17(4,15(22)23-7)12-16(2,3)14(21)24-10-9-18(5,6)11-13(19)20/h8-12H2,1-7H3. The van der Waals surface area contributed by atoms with Crippen molar-refractivity contribution in [2.45, 2.75) is 40.5 Å². The highest BCUT2D eigenvalue weighted by Gasteiger charge is 2.42. The van der Waals surface area contributed by atoms with Gasteiger partial charge in [-0.15, -0.1) is 0 Å². The van der Waals surface area contributed by atoms with Crippen LogP contribution in [0.25, 0.3) is 0 Å². The van der Waals surface area contributed by atoms with Crippen LogP contribution in [0.15, 0.2) is 0 Å². The average Bonchev–Trinajstić information content (AvgIpc) is 2.43. The highest BCUT2D eigenvalue weighted by molar-refractivity contribution is 5.80. The van der Waals surface area contributed by atoms with Crippen molar-refractivity contribution in [3.05, 3.63) is 0 Å². The summed E-state index contributed by atoms with van der Waals surface area (Å²) in [6.45, 7) is 7.41. The Morgan fingerprint density at radius 2 is 1.62 bits per heavy atom. The second-order valence-electron chi connectivity index (χ2n) is 7.79. The SMILES string of the molecule is CCC(C)(CC(C)(C)C(=O)OCC[N+](C)(C)CC(=O)[O-])C(=O)OC. The van der Waals surface area contributed by atoms with Crippen LogP contribution in [0.5, 0.6) is 0 Å². The first-order valence-electron chi connectivity index (χ1n) is 8.07. The molecule has 0 aromatic rings. The maximum atomic E-state index is 12.4. The van der Waals surface area contributed by atoms with Crippen molar-refractivity contribution in [1.82, 2.24) is 0 Å². The van der Waals surface area contributed by atoms with E-state index in [1.807, 2.05) is 6.92 Å². The van der Waals surface area contributed by atoms with Crippen molar-refractivity contribution in [2.75, 3.05) is 40.9 Å². The molecule has 0 aliphatic rings. The number of carboxylic acids is 1. The Kier molecular flexibility index (Phi) is 7.89. The second-order valence-corrected chi connectivity index (χ2v) is 7.79. The van der Waals surface area contributed by atoms with Gasteiger partial charge in [-0.3, -0.25) is 9.59 Å². The number of carboxylic acid groups (broad SMARTS) is 1. The molecule has 1 unspecified atom stereocenters. The molecule has 0 spiro atoms. The first-order chi connectivity index (χ1) is 10.8. The molecular formula is C17H31NO6. The van der Waals surface area contributed by atoms with Crippen LogP contribution in [0.4, 0.5) is 0 Å². The quantitative estimate of drug-likeness (QED) is 0.419. The van der Waals surface area contributed by atoms with E-state index in [-0.39, 0.29) is 23.6 Å². The van der Waals surface area contributed by atoms with Gasteiger partial charge in [0.05, 0.1) is 38.0 Å². The van der Waals surface area contributed by atoms with Gasteiger partial charge >= 0.3 is 11.9 Å². The molecule has 0 rings (SSSR count). The molecule has 0 N–H and O–H groups in total. The van der Waals surface area contributed by atoms with E-state index in [1.54, 1.807) is 34.9 Å². The number of carbonyl (C=O) groups excluding carboxylic acids is 3. The summed E-state index contributed by atoms with van der Waals surface area (Å²) in [5, 5.41) is 10.7. The van der Waals surface area contributed by atoms with Crippen LogP contribution < -0.4 is 5.11 Å². The lowest BCUT2D eigenvalue weighted by atomic mass is 9.72. The van der Waals surface area contributed by atoms with Crippen LogP contribution in [0.3, 0.4) is 0 Å². The van der Waals surface area contributed by atoms with Gasteiger partial charge in [0.1, 0.15) is 19.7 Å². The van der Waals surface area contributed by atoms with E-state index in [0.717, 1.165) is 0 Å². The third-order valence-corrected chi connectivity index (χ3v) is 4.33. The Morgan fingerprint density at radius 1 is 1.08 bits per heavy atom. The summed E-state index contributed by atoms with van der Waals surface area (Å²) in [5.41, 5.74) is -1.62. The van der Waals surface area contributed by atoms with Gasteiger partial charge in [-0.05, 0) is 33.6 Å². The number of nitrogens with zero attached hydrogens (tertiary/aromatic N) is 1. The van der Waals surface area contributed by atoms with E-state index in [1.165, 1.54) is 7.11 Å². The van der Waals surface area contributed by atoms with Gasteiger partial charge in [-0.1, -0.05) is 6.92 Å². The molecule has 0 bridgehead atoms. The van der Waals surface area contributed by atoms with Crippen LogP contribution in [0.1, 0.15) is 40.5 Å². The number of quaternary nitrogens is 1. The molecular weight excluding hydrogens is 314 g/mol. The minimum absolute atomic E-state index is 0.101. The molecule has 0 fully saturated rings. The first kappa shape index (κ1) is 22.4. The minimum Gasteiger partial charge on any atom is -0.544 e. The summed E-state index contributed by atoms with van der Waals surface area (Å²) in [5.74, 6) is -1.92. The predicted molar refractivity (Wildman–Crippen MR) is 86.6 cm³/mol. The zero-order valence-corrected chi connectivity index (χ0v) is 15.9. The Hall–Kier alpha value is -1.63. The Balaban J connectivity index is 4.74. The van der Waals surface area contributed by atoms with Gasteiger partial charge in [-0.25, -0.2) is 0 Å². The molecule has 7 nitrogen and oxygen atoms in total. The van der Waals surface area contributed by atoms with Gasteiger partial charge in [-0.2, -0.15) is 0 Å². The predicted octanol–water partition coefficient (Wildman–Crippen LogP) is 0.362. The van der Waals surface area contributed by atoms with E-state index in [2.05, 4.69) is 0 Å². The molecule has 7 heteroatoms. The van der Waals surface area contributed by atoms with Gasteiger partial charge in [0.15, 0.2) is 0 Å². The molecule has 24 heavy (non-hydrogen) atoms. The van der Waals surface area contributed by atoms with Crippen molar-refractivity contribution in [3.8, 4) is 0 Å². The van der Waals surface area contributed by atoms with Crippen LogP contribution >= 0.6 is 0 Å². The van der Waals surface area contributed by atoms with Crippen LogP contribution in [-0.2, 0) is 23.9 Å². The molecule has 0 aromatic carbocycles. The molecule has 0 aliphatic carbocycles. The fraction of sp³-hybridized carbons (Fsp3) is 0.824. The van der Waals surface area contributed by atoms with Crippen molar-refractivity contribution in [2.24, 2.45) is 10.8 Å². The summed E-state index contributed by atoms with van der Waals surface area (Å²) in [4.78, 5) is 35.0. The number of hydrogen-bond donors (Lipinski definition) is 0. The third kappa shape index (κ3) is 6.86. The normalized spacial score (nSPS) is 14.6. The fourth-order valence-electron chi connectivity index (χ4n) is 2.64. The summed E-state index contributed by atoms with van der Waals surface area (Å²) in [6, 6.07) is 0. The molecule has 1 atom stereocenters. The smallest absolute Gasteiger partial charge is 0.311 e. The third-order valence-electron chi connectivity index (χ3n) is 4.33. The Morgan fingerprint density at radius 3 is 2.04 bits per heavy atom. The molecule has 0 aliphatic heterocycles. The number of rotatable bonds is 10. The molecule has 0 amide bonds. The number of ether oxygens (including phenoxy) is 2. The number of esters is 2. The summed E-state index contributed by atoms with van der Waals surface area (Å²) in [7, 11) is 4.78. The molecule has 0 radical (unpaired) electrons. The van der Waals surface area contributed by atoms with Gasteiger partial charge in [0, 0.05) is 0 Å². The van der Waals surface area contributed by atoms with Crippen molar-refractivity contribution in [1.29, 1.82) is 0 Å². The maximum absolute atomic E-state index is 12.4. The lowest BCUT2D eigenvalue weighted by Crippen LogP contribution is -2.50. The van der Waals surface area contributed by atoms with Crippen LogP contribution in [0, 0.1) is 10.8 Å². The molecule has 0 heterocycles. The van der Waals surface area contributed by atoms with Crippen molar-refractivity contribution in [3.63, 3.8) is 0 Å². The van der Waals surface area contributed by atoms with E-state index >= 15 is 0 Å². The summed E-state index contributed by atoms with van der Waals surface area (Å²) in [6.07, 6.45) is 0.852. The Labute approximate surface area is 144 Å². The number of likely N-dealkylation sites (N-methyl/N-ethyl adjacent to an activating group) is 1. The topological polar surface area (TPSA) is 92.7 Å².